The van der Waals surface area contributed by atoms with Gasteiger partial charge in [0.25, 0.3) is 0 Å². The zero-order valence-corrected chi connectivity index (χ0v) is 8.93. The van der Waals surface area contributed by atoms with Gasteiger partial charge in [-0.25, -0.2) is 4.79 Å². The summed E-state index contributed by atoms with van der Waals surface area (Å²) in [4.78, 5) is 11.3. The molecule has 13 heavy (non-hydrogen) atoms. The second kappa shape index (κ2) is 7.84. The number of allylic oxidation sites excluding steroid dienone is 1. The van der Waals surface area contributed by atoms with Crippen molar-refractivity contribution in [3.63, 3.8) is 0 Å². The normalized spacial score (nSPS) is 11.5. The first kappa shape index (κ1) is 12.2. The molecule has 0 radical (unpaired) electrons. The Bertz CT molecular complexity index is 171. The summed E-state index contributed by atoms with van der Waals surface area (Å²) in [5, 5.41) is 0. The molecule has 0 aliphatic rings. The number of hydrogen-bond acceptors (Lipinski definition) is 2. The number of ether oxygens (including phenoxy) is 1. The first-order valence-corrected chi connectivity index (χ1v) is 5.08. The highest BCUT2D eigenvalue weighted by molar-refractivity contribution is 5.88. The topological polar surface area (TPSA) is 26.3 Å². The van der Waals surface area contributed by atoms with Gasteiger partial charge in [0.2, 0.25) is 0 Å². The number of carbonyl (C=O) groups is 1. The quantitative estimate of drug-likeness (QED) is 0.360. The van der Waals surface area contributed by atoms with Crippen molar-refractivity contribution in [2.75, 3.05) is 6.61 Å². The highest BCUT2D eigenvalue weighted by Crippen LogP contribution is 2.07. The Hall–Kier alpha value is -0.790. The summed E-state index contributed by atoms with van der Waals surface area (Å²) in [7, 11) is 0. The van der Waals surface area contributed by atoms with Crippen molar-refractivity contribution in [1.29, 1.82) is 0 Å². The number of hydrogen-bond donors (Lipinski definition) is 0. The van der Waals surface area contributed by atoms with Gasteiger partial charge in [-0.1, -0.05) is 32.8 Å². The lowest BCUT2D eigenvalue weighted by molar-refractivity contribution is -0.139. The van der Waals surface area contributed by atoms with Crippen LogP contribution in [0, 0.1) is 0 Å². The van der Waals surface area contributed by atoms with Crippen LogP contribution in [0.5, 0.6) is 0 Å². The monoisotopic (exact) mass is 184 g/mol. The van der Waals surface area contributed by atoms with Crippen molar-refractivity contribution >= 4 is 5.97 Å². The number of carbonyl (C=O) groups excluding carboxylic acids is 1. The van der Waals surface area contributed by atoms with Crippen molar-refractivity contribution in [3.8, 4) is 0 Å². The third-order valence-electron chi connectivity index (χ3n) is 1.86. The molecule has 2 nitrogen and oxygen atoms in total. The fourth-order valence-corrected chi connectivity index (χ4v) is 1.04. The fourth-order valence-electron chi connectivity index (χ4n) is 1.04. The smallest absolute Gasteiger partial charge is 0.333 e. The average Bonchev–Trinajstić information content (AvgIpc) is 2.14. The molecule has 2 heteroatoms. The molecule has 0 saturated carbocycles. The Morgan fingerprint density at radius 3 is 2.46 bits per heavy atom. The van der Waals surface area contributed by atoms with E-state index < -0.39 is 0 Å². The van der Waals surface area contributed by atoms with E-state index in [0.29, 0.717) is 6.61 Å². The van der Waals surface area contributed by atoms with Gasteiger partial charge in [-0.2, -0.15) is 0 Å². The van der Waals surface area contributed by atoms with Gasteiger partial charge < -0.3 is 4.74 Å². The van der Waals surface area contributed by atoms with Gasteiger partial charge in [-0.3, -0.25) is 0 Å². The number of unbranched alkanes of at least 4 members (excludes halogenated alkanes) is 1. The summed E-state index contributed by atoms with van der Waals surface area (Å²) in [6.45, 7) is 6.57. The third kappa shape index (κ3) is 5.45. The van der Waals surface area contributed by atoms with E-state index in [9.17, 15) is 4.79 Å². The van der Waals surface area contributed by atoms with Crippen molar-refractivity contribution in [2.24, 2.45) is 0 Å². The van der Waals surface area contributed by atoms with E-state index in [1.165, 1.54) is 0 Å². The summed E-state index contributed by atoms with van der Waals surface area (Å²) in [5.74, 6) is -0.141. The third-order valence-corrected chi connectivity index (χ3v) is 1.86. The van der Waals surface area contributed by atoms with Gasteiger partial charge in [0.15, 0.2) is 0 Å². The maximum absolute atomic E-state index is 11.3. The molecule has 0 atom stereocenters. The zero-order chi connectivity index (χ0) is 10.1. The molecule has 0 spiro atoms. The highest BCUT2D eigenvalue weighted by Gasteiger charge is 2.07. The van der Waals surface area contributed by atoms with E-state index in [4.69, 9.17) is 4.74 Å². The van der Waals surface area contributed by atoms with Crippen LogP contribution in [0.3, 0.4) is 0 Å². The average molecular weight is 184 g/mol. The molecule has 0 N–H and O–H groups in total. The van der Waals surface area contributed by atoms with Gasteiger partial charge in [0.05, 0.1) is 6.61 Å². The van der Waals surface area contributed by atoms with E-state index in [0.717, 1.165) is 31.3 Å². The lowest BCUT2D eigenvalue weighted by Gasteiger charge is -2.05. The minimum atomic E-state index is -0.141. The molecule has 0 amide bonds. The molecular formula is C11H20O2. The molecule has 0 saturated heterocycles. The summed E-state index contributed by atoms with van der Waals surface area (Å²) in [5.41, 5.74) is 0.804. The van der Waals surface area contributed by atoms with Gasteiger partial charge in [-0.05, 0) is 19.8 Å². The Kier molecular flexibility index (Phi) is 7.36. The van der Waals surface area contributed by atoms with Crippen molar-refractivity contribution < 1.29 is 9.53 Å². The van der Waals surface area contributed by atoms with E-state index >= 15 is 0 Å². The van der Waals surface area contributed by atoms with E-state index in [2.05, 4.69) is 13.8 Å². The van der Waals surface area contributed by atoms with Crippen molar-refractivity contribution in [1.82, 2.24) is 0 Å². The first-order chi connectivity index (χ1) is 6.26. The molecule has 0 aromatic carbocycles. The van der Waals surface area contributed by atoms with Crippen LogP contribution < -0.4 is 0 Å². The van der Waals surface area contributed by atoms with Crippen LogP contribution >= 0.6 is 0 Å². The summed E-state index contributed by atoms with van der Waals surface area (Å²) in [6.07, 6.45) is 5.67. The first-order valence-electron chi connectivity index (χ1n) is 5.08. The zero-order valence-electron chi connectivity index (χ0n) is 8.93. The molecule has 0 aliphatic carbocycles. The van der Waals surface area contributed by atoms with E-state index in [1.54, 1.807) is 0 Å². The van der Waals surface area contributed by atoms with Crippen LogP contribution in [0.4, 0.5) is 0 Å². The Morgan fingerprint density at radius 1 is 1.31 bits per heavy atom. The summed E-state index contributed by atoms with van der Waals surface area (Å²) < 4.78 is 5.08. The molecule has 0 unspecified atom stereocenters. The summed E-state index contributed by atoms with van der Waals surface area (Å²) in [6, 6.07) is 0. The lowest BCUT2D eigenvalue weighted by Crippen LogP contribution is -2.08. The van der Waals surface area contributed by atoms with E-state index in [1.807, 2.05) is 13.0 Å². The molecule has 0 fully saturated rings. The van der Waals surface area contributed by atoms with Crippen molar-refractivity contribution in [3.05, 3.63) is 11.6 Å². The predicted octanol–water partition coefficient (Wildman–Crippen LogP) is 3.08. The van der Waals surface area contributed by atoms with Crippen LogP contribution in [-0.4, -0.2) is 12.6 Å². The molecule has 0 bridgehead atoms. The maximum atomic E-state index is 11.3. The predicted molar refractivity (Wildman–Crippen MR) is 54.5 cm³/mol. The number of esters is 1. The van der Waals surface area contributed by atoms with Gasteiger partial charge >= 0.3 is 5.97 Å². The fraction of sp³-hybridized carbons (Fsp3) is 0.727. The second-order valence-corrected chi connectivity index (χ2v) is 3.05. The van der Waals surface area contributed by atoms with E-state index in [-0.39, 0.29) is 5.97 Å². The standard InChI is InChI=1S/C11H20O2/c1-4-7-9-13-11(12)10(6-3)8-5-2/h6H,4-5,7-9H2,1-3H3/b10-6+. The highest BCUT2D eigenvalue weighted by atomic mass is 16.5. The maximum Gasteiger partial charge on any atom is 0.333 e. The molecule has 0 rings (SSSR count). The minimum Gasteiger partial charge on any atom is -0.462 e. The van der Waals surface area contributed by atoms with Gasteiger partial charge in [0.1, 0.15) is 0 Å². The molecule has 76 valence electrons. The summed E-state index contributed by atoms with van der Waals surface area (Å²) >= 11 is 0. The van der Waals surface area contributed by atoms with Crippen LogP contribution in [0.2, 0.25) is 0 Å². The minimum absolute atomic E-state index is 0.141. The Labute approximate surface area is 81.0 Å². The molecular weight excluding hydrogens is 164 g/mol. The van der Waals surface area contributed by atoms with Crippen LogP contribution in [0.1, 0.15) is 46.5 Å². The molecule has 0 heterocycles. The van der Waals surface area contributed by atoms with Gasteiger partial charge in [0, 0.05) is 5.57 Å². The van der Waals surface area contributed by atoms with Crippen molar-refractivity contribution in [2.45, 2.75) is 46.5 Å². The van der Waals surface area contributed by atoms with Crippen LogP contribution in [0.25, 0.3) is 0 Å². The largest absolute Gasteiger partial charge is 0.462 e. The van der Waals surface area contributed by atoms with Crippen LogP contribution in [-0.2, 0) is 9.53 Å². The Balaban J connectivity index is 3.79. The molecule has 0 aromatic rings. The molecule has 0 aliphatic heterocycles. The lowest BCUT2D eigenvalue weighted by atomic mass is 10.1. The SMILES string of the molecule is C/C=C(\CCC)C(=O)OCCCC. The number of rotatable bonds is 6. The molecule has 0 aromatic heterocycles. The van der Waals surface area contributed by atoms with Crippen LogP contribution in [0.15, 0.2) is 11.6 Å². The van der Waals surface area contributed by atoms with Gasteiger partial charge in [-0.15, -0.1) is 0 Å². The second-order valence-electron chi connectivity index (χ2n) is 3.05. The Morgan fingerprint density at radius 2 is 2.00 bits per heavy atom.